The number of aryl methyl sites for hydroxylation is 3. The number of thiophene rings is 1. The van der Waals surface area contributed by atoms with Crippen LogP contribution in [0.4, 0.5) is 0 Å². The third kappa shape index (κ3) is 4.23. The molecule has 1 saturated carbocycles. The van der Waals surface area contributed by atoms with E-state index in [9.17, 15) is 4.79 Å². The second kappa shape index (κ2) is 9.13. The van der Waals surface area contributed by atoms with Crippen molar-refractivity contribution < 1.29 is 4.79 Å². The third-order valence-corrected chi connectivity index (χ3v) is 7.68. The largest absolute Gasteiger partial charge is 0.292 e. The molecule has 0 aromatic carbocycles. The van der Waals surface area contributed by atoms with Gasteiger partial charge in [0.15, 0.2) is 5.78 Å². The van der Waals surface area contributed by atoms with Gasteiger partial charge in [-0.2, -0.15) is 5.10 Å². The molecule has 2 aliphatic carbocycles. The Hall–Kier alpha value is -1.13. The Labute approximate surface area is 177 Å². The van der Waals surface area contributed by atoms with Crippen LogP contribution in [0.5, 0.6) is 0 Å². The summed E-state index contributed by atoms with van der Waals surface area (Å²) in [5, 5.41) is 4.90. The van der Waals surface area contributed by atoms with Gasteiger partial charge < -0.3 is 0 Å². The van der Waals surface area contributed by atoms with E-state index in [-0.39, 0.29) is 5.78 Å². The molecule has 1 fully saturated rings. The average molecular weight is 419 g/mol. The van der Waals surface area contributed by atoms with Crippen molar-refractivity contribution in [3.8, 4) is 10.6 Å². The van der Waals surface area contributed by atoms with E-state index in [2.05, 4.69) is 17.7 Å². The topological polar surface area (TPSA) is 34.9 Å². The number of carbonyl (C=O) groups is 1. The molecule has 2 heterocycles. The predicted octanol–water partition coefficient (Wildman–Crippen LogP) is 6.58. The van der Waals surface area contributed by atoms with E-state index in [0.717, 1.165) is 50.2 Å². The molecule has 2 aromatic rings. The zero-order valence-corrected chi connectivity index (χ0v) is 18.5. The molecule has 2 aromatic heterocycles. The van der Waals surface area contributed by atoms with Crippen molar-refractivity contribution in [2.24, 2.45) is 5.92 Å². The molecule has 0 radical (unpaired) electrons. The molecule has 0 saturated heterocycles. The zero-order chi connectivity index (χ0) is 19.5. The van der Waals surface area contributed by atoms with E-state index in [1.165, 1.54) is 58.7 Å². The van der Waals surface area contributed by atoms with Gasteiger partial charge in [-0.15, -0.1) is 22.9 Å². The summed E-state index contributed by atoms with van der Waals surface area (Å²) in [5.74, 6) is 1.56. The maximum absolute atomic E-state index is 13.2. The summed E-state index contributed by atoms with van der Waals surface area (Å²) in [6.45, 7) is 3.06. The van der Waals surface area contributed by atoms with Crippen LogP contribution in [0.15, 0.2) is 6.07 Å². The first kappa shape index (κ1) is 20.2. The summed E-state index contributed by atoms with van der Waals surface area (Å²) < 4.78 is 2.14. The van der Waals surface area contributed by atoms with Gasteiger partial charge >= 0.3 is 0 Å². The van der Waals surface area contributed by atoms with E-state index in [1.54, 1.807) is 0 Å². The normalized spacial score (nSPS) is 16.8. The molecule has 2 aliphatic rings. The Morgan fingerprint density at radius 3 is 2.82 bits per heavy atom. The average Bonchev–Trinajstić information content (AvgIpc) is 3.25. The number of hydrogen-bond acceptors (Lipinski definition) is 3. The third-order valence-electron chi connectivity index (χ3n) is 6.31. The lowest BCUT2D eigenvalue weighted by atomic mass is 9.84. The fourth-order valence-corrected chi connectivity index (χ4v) is 6.20. The van der Waals surface area contributed by atoms with E-state index >= 15 is 0 Å². The Morgan fingerprint density at radius 1 is 1.21 bits per heavy atom. The number of hydrogen-bond donors (Lipinski definition) is 0. The molecule has 0 amide bonds. The molecular weight excluding hydrogens is 388 g/mol. The molecule has 0 spiro atoms. The minimum absolute atomic E-state index is 0.277. The highest BCUT2D eigenvalue weighted by molar-refractivity contribution is 7.15. The van der Waals surface area contributed by atoms with Crippen molar-refractivity contribution in [1.82, 2.24) is 9.78 Å². The molecule has 152 valence electrons. The zero-order valence-electron chi connectivity index (χ0n) is 16.9. The summed E-state index contributed by atoms with van der Waals surface area (Å²) in [4.78, 5) is 15.9. The van der Waals surface area contributed by atoms with Crippen molar-refractivity contribution in [3.63, 3.8) is 0 Å². The van der Waals surface area contributed by atoms with Crippen molar-refractivity contribution >= 4 is 28.7 Å². The van der Waals surface area contributed by atoms with Gasteiger partial charge in [-0.1, -0.05) is 38.5 Å². The second-order valence-electron chi connectivity index (χ2n) is 8.49. The molecule has 5 heteroatoms. The number of Topliss-reactive ketones (excluding diaryl/α,β-unsaturated/α-hetero) is 1. The van der Waals surface area contributed by atoms with Crippen LogP contribution in [0.1, 0.15) is 84.3 Å². The Balaban J connectivity index is 1.62. The van der Waals surface area contributed by atoms with Crippen molar-refractivity contribution in [3.05, 3.63) is 27.8 Å². The smallest absolute Gasteiger partial charge is 0.183 e. The van der Waals surface area contributed by atoms with Crippen molar-refractivity contribution in [1.29, 1.82) is 0 Å². The molecule has 0 aliphatic heterocycles. The van der Waals surface area contributed by atoms with Gasteiger partial charge in [-0.05, 0) is 50.2 Å². The number of aromatic nitrogens is 2. The fraction of sp³-hybridized carbons (Fsp3) is 0.652. The molecule has 28 heavy (non-hydrogen) atoms. The maximum Gasteiger partial charge on any atom is 0.183 e. The van der Waals surface area contributed by atoms with Crippen molar-refractivity contribution in [2.75, 3.05) is 5.88 Å². The molecular formula is C23H31ClN2OS. The molecule has 0 atom stereocenters. The van der Waals surface area contributed by atoms with Crippen LogP contribution in [-0.4, -0.2) is 21.4 Å². The highest BCUT2D eigenvalue weighted by atomic mass is 35.5. The maximum atomic E-state index is 13.2. The van der Waals surface area contributed by atoms with Crippen LogP contribution in [0.2, 0.25) is 0 Å². The SMILES string of the molecule is Cc1cc2c(s1)-c1c(c(C(=O)CC3CCCCC3)nn1CCCCCCl)CC2. The van der Waals surface area contributed by atoms with Gasteiger partial charge in [0.1, 0.15) is 5.69 Å². The quantitative estimate of drug-likeness (QED) is 0.275. The Morgan fingerprint density at radius 2 is 2.04 bits per heavy atom. The van der Waals surface area contributed by atoms with Crippen LogP contribution in [0.25, 0.3) is 10.6 Å². The Bertz CT molecular complexity index is 832. The van der Waals surface area contributed by atoms with Crippen LogP contribution in [0.3, 0.4) is 0 Å². The number of ketones is 1. The molecule has 3 nitrogen and oxygen atoms in total. The predicted molar refractivity (Wildman–Crippen MR) is 118 cm³/mol. The van der Waals surface area contributed by atoms with Crippen LogP contribution < -0.4 is 0 Å². The first-order chi connectivity index (χ1) is 13.7. The van der Waals surface area contributed by atoms with E-state index in [4.69, 9.17) is 16.7 Å². The van der Waals surface area contributed by atoms with E-state index in [0.29, 0.717) is 12.3 Å². The van der Waals surface area contributed by atoms with E-state index in [1.807, 2.05) is 11.3 Å². The molecule has 4 rings (SSSR count). The molecule has 0 unspecified atom stereocenters. The number of alkyl halides is 1. The number of unbranched alkanes of at least 4 members (excludes halogenated alkanes) is 2. The monoisotopic (exact) mass is 418 g/mol. The fourth-order valence-electron chi connectivity index (χ4n) is 4.87. The van der Waals surface area contributed by atoms with Gasteiger partial charge in [0.05, 0.1) is 10.6 Å². The highest BCUT2D eigenvalue weighted by Gasteiger charge is 2.30. The first-order valence-electron chi connectivity index (χ1n) is 11.0. The van der Waals surface area contributed by atoms with Crippen LogP contribution in [-0.2, 0) is 19.4 Å². The molecule has 0 N–H and O–H groups in total. The highest BCUT2D eigenvalue weighted by Crippen LogP contribution is 2.41. The van der Waals surface area contributed by atoms with Crippen LogP contribution >= 0.6 is 22.9 Å². The van der Waals surface area contributed by atoms with Crippen molar-refractivity contribution in [2.45, 2.75) is 84.1 Å². The number of carbonyl (C=O) groups excluding carboxylic acids is 1. The first-order valence-corrected chi connectivity index (χ1v) is 12.3. The Kier molecular flexibility index (Phi) is 6.57. The summed E-state index contributed by atoms with van der Waals surface area (Å²) in [7, 11) is 0. The number of nitrogens with zero attached hydrogens (tertiary/aromatic N) is 2. The lowest BCUT2D eigenvalue weighted by molar-refractivity contribution is 0.0943. The summed E-state index contributed by atoms with van der Waals surface area (Å²) >= 11 is 7.70. The van der Waals surface area contributed by atoms with Gasteiger partial charge in [0, 0.05) is 29.3 Å². The standard InChI is InChI=1S/C23H31ClN2OS/c1-16-14-18-10-11-19-21(20(27)15-17-8-4-2-5-9-17)25-26(13-7-3-6-12-24)22(19)23(18)28-16/h14,17H,2-13,15H2,1H3. The van der Waals surface area contributed by atoms with Gasteiger partial charge in [-0.25, -0.2) is 0 Å². The van der Waals surface area contributed by atoms with Gasteiger partial charge in [0.25, 0.3) is 0 Å². The minimum Gasteiger partial charge on any atom is -0.292 e. The van der Waals surface area contributed by atoms with Crippen LogP contribution in [0, 0.1) is 12.8 Å². The summed E-state index contributed by atoms with van der Waals surface area (Å²) in [5.41, 5.74) is 4.66. The van der Waals surface area contributed by atoms with Gasteiger partial charge in [-0.3, -0.25) is 9.48 Å². The number of fused-ring (bicyclic) bond motifs is 3. The number of rotatable bonds is 8. The summed E-state index contributed by atoms with van der Waals surface area (Å²) in [6.07, 6.45) is 12.2. The summed E-state index contributed by atoms with van der Waals surface area (Å²) in [6, 6.07) is 2.32. The number of halogens is 1. The second-order valence-corrected chi connectivity index (χ2v) is 10.1. The minimum atomic E-state index is 0.277. The lowest BCUT2D eigenvalue weighted by Gasteiger charge is -2.20. The lowest BCUT2D eigenvalue weighted by Crippen LogP contribution is -2.14. The van der Waals surface area contributed by atoms with E-state index < -0.39 is 0 Å². The molecule has 0 bridgehead atoms. The van der Waals surface area contributed by atoms with Gasteiger partial charge in [0.2, 0.25) is 0 Å².